The van der Waals surface area contributed by atoms with Gasteiger partial charge in [-0.1, -0.05) is 0 Å². The standard InChI is InChI=1S/C14H18N4O2/c1-14(13(16)19)4-5-18(8-14)7-12-17-10-3-2-9(15)6-11(10)20-12/h2-3,6H,4-5,7-8,15H2,1H3,(H2,16,19). The summed E-state index contributed by atoms with van der Waals surface area (Å²) in [6.07, 6.45) is 0.773. The number of oxazole rings is 1. The van der Waals surface area contributed by atoms with Gasteiger partial charge in [0.15, 0.2) is 5.58 Å². The molecule has 1 aromatic heterocycles. The van der Waals surface area contributed by atoms with E-state index < -0.39 is 5.41 Å². The van der Waals surface area contributed by atoms with E-state index in [1.807, 2.05) is 13.0 Å². The number of nitrogens with zero attached hydrogens (tertiary/aromatic N) is 2. The number of hydrogen-bond donors (Lipinski definition) is 2. The first-order valence-corrected chi connectivity index (χ1v) is 6.63. The van der Waals surface area contributed by atoms with Gasteiger partial charge in [0.2, 0.25) is 11.8 Å². The molecule has 0 spiro atoms. The van der Waals surface area contributed by atoms with E-state index >= 15 is 0 Å². The highest BCUT2D eigenvalue weighted by atomic mass is 16.3. The first-order chi connectivity index (χ1) is 9.46. The van der Waals surface area contributed by atoms with Crippen molar-refractivity contribution in [3.8, 4) is 0 Å². The Morgan fingerprint density at radius 3 is 3.05 bits per heavy atom. The van der Waals surface area contributed by atoms with Crippen LogP contribution in [0.2, 0.25) is 0 Å². The van der Waals surface area contributed by atoms with Crippen molar-refractivity contribution in [2.24, 2.45) is 11.1 Å². The smallest absolute Gasteiger partial charge is 0.224 e. The summed E-state index contributed by atoms with van der Waals surface area (Å²) < 4.78 is 5.69. The molecule has 106 valence electrons. The van der Waals surface area contributed by atoms with Gasteiger partial charge in [-0.3, -0.25) is 9.69 Å². The van der Waals surface area contributed by atoms with E-state index in [0.29, 0.717) is 30.3 Å². The molecule has 0 aliphatic carbocycles. The number of hydrogen-bond acceptors (Lipinski definition) is 5. The third-order valence-corrected chi connectivity index (χ3v) is 3.96. The zero-order valence-electron chi connectivity index (χ0n) is 11.4. The summed E-state index contributed by atoms with van der Waals surface area (Å²) in [5, 5.41) is 0. The summed E-state index contributed by atoms with van der Waals surface area (Å²) in [5.41, 5.74) is 12.9. The fraction of sp³-hybridized carbons (Fsp3) is 0.429. The second-order valence-corrected chi connectivity index (χ2v) is 5.72. The first kappa shape index (κ1) is 12.9. The second kappa shape index (κ2) is 4.49. The first-order valence-electron chi connectivity index (χ1n) is 6.63. The number of amides is 1. The normalized spacial score (nSPS) is 23.4. The molecule has 0 radical (unpaired) electrons. The van der Waals surface area contributed by atoms with Gasteiger partial charge in [-0.25, -0.2) is 4.98 Å². The number of anilines is 1. The Morgan fingerprint density at radius 2 is 2.35 bits per heavy atom. The number of primary amides is 1. The number of carbonyl (C=O) groups excluding carboxylic acids is 1. The quantitative estimate of drug-likeness (QED) is 0.817. The molecule has 0 saturated carbocycles. The summed E-state index contributed by atoms with van der Waals surface area (Å²) in [6, 6.07) is 5.41. The van der Waals surface area contributed by atoms with E-state index in [-0.39, 0.29) is 5.91 Å². The predicted octanol–water partition coefficient (Wildman–Crippen LogP) is 1.11. The largest absolute Gasteiger partial charge is 0.439 e. The van der Waals surface area contributed by atoms with Crippen molar-refractivity contribution in [1.29, 1.82) is 0 Å². The molecule has 1 aromatic carbocycles. The number of rotatable bonds is 3. The maximum absolute atomic E-state index is 11.4. The molecule has 1 aliphatic rings. The molecule has 1 amide bonds. The number of carbonyl (C=O) groups is 1. The van der Waals surface area contributed by atoms with Crippen LogP contribution in [-0.2, 0) is 11.3 Å². The van der Waals surface area contributed by atoms with Crippen LogP contribution < -0.4 is 11.5 Å². The minimum absolute atomic E-state index is 0.245. The molecule has 1 unspecified atom stereocenters. The van der Waals surface area contributed by atoms with Crippen molar-refractivity contribution in [3.63, 3.8) is 0 Å². The highest BCUT2D eigenvalue weighted by Crippen LogP contribution is 2.30. The minimum Gasteiger partial charge on any atom is -0.439 e. The Hall–Kier alpha value is -2.08. The van der Waals surface area contributed by atoms with E-state index in [9.17, 15) is 4.79 Å². The SMILES string of the molecule is CC1(C(N)=O)CCN(Cc2nc3ccc(N)cc3o2)C1. The predicted molar refractivity (Wildman–Crippen MR) is 75.6 cm³/mol. The summed E-state index contributed by atoms with van der Waals surface area (Å²) in [4.78, 5) is 18.0. The van der Waals surface area contributed by atoms with Crippen molar-refractivity contribution >= 4 is 22.7 Å². The van der Waals surface area contributed by atoms with Crippen molar-refractivity contribution in [2.75, 3.05) is 18.8 Å². The molecule has 1 fully saturated rings. The summed E-state index contributed by atoms with van der Waals surface area (Å²) >= 11 is 0. The molecular weight excluding hydrogens is 256 g/mol. The van der Waals surface area contributed by atoms with Crippen LogP contribution in [0.15, 0.2) is 22.6 Å². The average Bonchev–Trinajstić information content (AvgIpc) is 2.93. The Morgan fingerprint density at radius 1 is 1.55 bits per heavy atom. The molecule has 0 bridgehead atoms. The Balaban J connectivity index is 1.76. The maximum Gasteiger partial charge on any atom is 0.224 e. The summed E-state index contributed by atoms with van der Waals surface area (Å²) in [6.45, 7) is 3.95. The van der Waals surface area contributed by atoms with Gasteiger partial charge in [0.25, 0.3) is 0 Å². The fourth-order valence-electron chi connectivity index (χ4n) is 2.64. The number of likely N-dealkylation sites (tertiary alicyclic amines) is 1. The van der Waals surface area contributed by atoms with Gasteiger partial charge in [0, 0.05) is 18.3 Å². The lowest BCUT2D eigenvalue weighted by Gasteiger charge is -2.19. The number of fused-ring (bicyclic) bond motifs is 1. The second-order valence-electron chi connectivity index (χ2n) is 5.72. The molecule has 1 aliphatic heterocycles. The molecular formula is C14H18N4O2. The lowest BCUT2D eigenvalue weighted by molar-refractivity contribution is -0.126. The maximum atomic E-state index is 11.4. The van der Waals surface area contributed by atoms with E-state index in [4.69, 9.17) is 15.9 Å². The minimum atomic E-state index is -0.448. The zero-order valence-corrected chi connectivity index (χ0v) is 11.4. The molecule has 2 aromatic rings. The van der Waals surface area contributed by atoms with E-state index in [0.717, 1.165) is 18.5 Å². The van der Waals surface area contributed by atoms with Gasteiger partial charge in [0.05, 0.1) is 12.0 Å². The molecule has 6 heteroatoms. The number of benzene rings is 1. The van der Waals surface area contributed by atoms with Crippen LogP contribution in [0.25, 0.3) is 11.1 Å². The van der Waals surface area contributed by atoms with Crippen molar-refractivity contribution in [1.82, 2.24) is 9.88 Å². The average molecular weight is 274 g/mol. The Labute approximate surface area is 116 Å². The third kappa shape index (κ3) is 2.22. The van der Waals surface area contributed by atoms with Crippen molar-refractivity contribution < 1.29 is 9.21 Å². The van der Waals surface area contributed by atoms with Crippen LogP contribution in [0.4, 0.5) is 5.69 Å². The molecule has 20 heavy (non-hydrogen) atoms. The number of aromatic nitrogens is 1. The monoisotopic (exact) mass is 274 g/mol. The van der Waals surface area contributed by atoms with E-state index in [2.05, 4.69) is 9.88 Å². The van der Waals surface area contributed by atoms with Gasteiger partial charge >= 0.3 is 0 Å². The van der Waals surface area contributed by atoms with Gasteiger partial charge in [-0.2, -0.15) is 0 Å². The lowest BCUT2D eigenvalue weighted by Crippen LogP contribution is -2.36. The number of nitrogen functional groups attached to an aromatic ring is 1. The zero-order chi connectivity index (χ0) is 14.3. The molecule has 4 N–H and O–H groups in total. The molecule has 1 saturated heterocycles. The van der Waals surface area contributed by atoms with Crippen molar-refractivity contribution in [3.05, 3.63) is 24.1 Å². The lowest BCUT2D eigenvalue weighted by atomic mass is 9.89. The van der Waals surface area contributed by atoms with Crippen LogP contribution in [0.3, 0.4) is 0 Å². The summed E-state index contributed by atoms with van der Waals surface area (Å²) in [7, 11) is 0. The Kier molecular flexibility index (Phi) is 2.90. The van der Waals surface area contributed by atoms with Crippen LogP contribution in [0, 0.1) is 5.41 Å². The fourth-order valence-corrected chi connectivity index (χ4v) is 2.64. The van der Waals surface area contributed by atoms with Gasteiger partial charge in [-0.15, -0.1) is 0 Å². The topological polar surface area (TPSA) is 98.4 Å². The number of nitrogens with two attached hydrogens (primary N) is 2. The summed E-state index contributed by atoms with van der Waals surface area (Å²) in [5.74, 6) is 0.393. The highest BCUT2D eigenvalue weighted by Gasteiger charge is 2.39. The highest BCUT2D eigenvalue weighted by molar-refractivity contribution is 5.81. The van der Waals surface area contributed by atoms with Gasteiger partial charge in [-0.05, 0) is 32.0 Å². The van der Waals surface area contributed by atoms with Crippen LogP contribution in [-0.4, -0.2) is 28.9 Å². The molecule has 3 rings (SSSR count). The van der Waals surface area contributed by atoms with E-state index in [1.54, 1.807) is 12.1 Å². The van der Waals surface area contributed by atoms with Crippen LogP contribution in [0.5, 0.6) is 0 Å². The third-order valence-electron chi connectivity index (χ3n) is 3.96. The molecule has 2 heterocycles. The van der Waals surface area contributed by atoms with Gasteiger partial charge in [0.1, 0.15) is 5.52 Å². The Bertz CT molecular complexity index is 666. The van der Waals surface area contributed by atoms with E-state index in [1.165, 1.54) is 0 Å². The molecule has 6 nitrogen and oxygen atoms in total. The van der Waals surface area contributed by atoms with Gasteiger partial charge < -0.3 is 15.9 Å². The van der Waals surface area contributed by atoms with Crippen LogP contribution >= 0.6 is 0 Å². The van der Waals surface area contributed by atoms with Crippen molar-refractivity contribution in [2.45, 2.75) is 19.9 Å². The van der Waals surface area contributed by atoms with Crippen LogP contribution in [0.1, 0.15) is 19.2 Å². The molecule has 1 atom stereocenters.